The van der Waals surface area contributed by atoms with Crippen molar-refractivity contribution in [2.24, 2.45) is 0 Å². The second-order valence-electron chi connectivity index (χ2n) is 4.21. The Morgan fingerprint density at radius 2 is 1.26 bits per heavy atom. The molecule has 0 atom stereocenters. The molecule has 2 rings (SSSR count). The monoisotopic (exact) mass is 299 g/mol. The van der Waals surface area contributed by atoms with Gasteiger partial charge in [0.2, 0.25) is 5.82 Å². The van der Waals surface area contributed by atoms with Crippen LogP contribution in [0.5, 0.6) is 0 Å². The van der Waals surface area contributed by atoms with Crippen molar-refractivity contribution in [1.29, 1.82) is 0 Å². The summed E-state index contributed by atoms with van der Waals surface area (Å²) < 4.78 is 76.7. The van der Waals surface area contributed by atoms with Gasteiger partial charge in [0.15, 0.2) is 23.3 Å². The van der Waals surface area contributed by atoms with E-state index in [-0.39, 0.29) is 0 Å². The van der Waals surface area contributed by atoms with E-state index in [1.807, 2.05) is 0 Å². The summed E-state index contributed by atoms with van der Waals surface area (Å²) in [6, 6.07) is -0.453. The number of anilines is 1. The van der Waals surface area contributed by atoms with E-state index in [2.05, 4.69) is 5.32 Å². The topological polar surface area (TPSA) is 29.1 Å². The van der Waals surface area contributed by atoms with Crippen molar-refractivity contribution in [2.45, 2.75) is 18.9 Å². The molecule has 0 amide bonds. The summed E-state index contributed by atoms with van der Waals surface area (Å²) in [5, 5.41) is 2.32. The normalized spacial score (nSPS) is 23.4. The molecule has 2 nitrogen and oxygen atoms in total. The summed E-state index contributed by atoms with van der Waals surface area (Å²) in [5.41, 5.74) is -1.02. The predicted molar refractivity (Wildman–Crippen MR) is 60.8 cm³/mol. The van der Waals surface area contributed by atoms with Crippen LogP contribution in [0, 0.1) is 29.1 Å². The van der Waals surface area contributed by atoms with Crippen molar-refractivity contribution in [3.05, 3.63) is 29.1 Å². The Morgan fingerprint density at radius 1 is 0.842 bits per heavy atom. The third kappa shape index (κ3) is 2.72. The second kappa shape index (κ2) is 5.44. The number of hydrogen-bond donors (Lipinski definition) is 1. The molecule has 1 aliphatic rings. The highest BCUT2D eigenvalue weighted by molar-refractivity contribution is 7.85. The molecule has 19 heavy (non-hydrogen) atoms. The zero-order valence-electron chi connectivity index (χ0n) is 9.61. The van der Waals surface area contributed by atoms with Gasteiger partial charge >= 0.3 is 0 Å². The molecule has 0 radical (unpaired) electrons. The molecule has 1 fully saturated rings. The highest BCUT2D eigenvalue weighted by Crippen LogP contribution is 2.28. The van der Waals surface area contributed by atoms with E-state index in [1.54, 1.807) is 0 Å². The maximum absolute atomic E-state index is 13.4. The molecular weight excluding hydrogens is 289 g/mol. The average Bonchev–Trinajstić information content (AvgIpc) is 2.41. The lowest BCUT2D eigenvalue weighted by Crippen LogP contribution is -2.30. The van der Waals surface area contributed by atoms with Gasteiger partial charge in [-0.05, 0) is 12.8 Å². The fourth-order valence-corrected chi connectivity index (χ4v) is 3.17. The third-order valence-electron chi connectivity index (χ3n) is 2.95. The smallest absolute Gasteiger partial charge is 0.200 e. The largest absolute Gasteiger partial charge is 0.377 e. The van der Waals surface area contributed by atoms with Crippen LogP contribution in [-0.4, -0.2) is 21.8 Å². The minimum Gasteiger partial charge on any atom is -0.377 e. The number of benzene rings is 1. The van der Waals surface area contributed by atoms with Gasteiger partial charge in [0, 0.05) is 28.3 Å². The Balaban J connectivity index is 2.28. The molecule has 8 heteroatoms. The van der Waals surface area contributed by atoms with Crippen molar-refractivity contribution >= 4 is 16.5 Å². The number of rotatable bonds is 2. The van der Waals surface area contributed by atoms with Gasteiger partial charge in [0.05, 0.1) is 0 Å². The Labute approximate surface area is 108 Å². The summed E-state index contributed by atoms with van der Waals surface area (Å²) >= 11 is 0. The third-order valence-corrected chi connectivity index (χ3v) is 4.33. The van der Waals surface area contributed by atoms with Crippen molar-refractivity contribution in [1.82, 2.24) is 0 Å². The van der Waals surface area contributed by atoms with Crippen LogP contribution in [0.4, 0.5) is 27.6 Å². The van der Waals surface area contributed by atoms with Crippen molar-refractivity contribution in [2.75, 3.05) is 16.8 Å². The molecule has 0 spiro atoms. The molecule has 0 unspecified atom stereocenters. The fraction of sp³-hybridized carbons (Fsp3) is 0.455. The minimum atomic E-state index is -2.18. The highest BCUT2D eigenvalue weighted by Gasteiger charge is 2.28. The maximum Gasteiger partial charge on any atom is 0.200 e. The summed E-state index contributed by atoms with van der Waals surface area (Å²) in [6.07, 6.45) is 0.707. The number of halogens is 5. The van der Waals surface area contributed by atoms with Crippen molar-refractivity contribution in [3.63, 3.8) is 0 Å². The van der Waals surface area contributed by atoms with Gasteiger partial charge in [0.1, 0.15) is 5.69 Å². The van der Waals surface area contributed by atoms with Crippen LogP contribution in [-0.2, 0) is 10.8 Å². The number of nitrogens with one attached hydrogen (secondary N) is 1. The SMILES string of the molecule is O=S1CCC(Nc2c(F)c(F)c(F)c(F)c2F)CC1. The van der Waals surface area contributed by atoms with E-state index in [1.165, 1.54) is 0 Å². The van der Waals surface area contributed by atoms with Crippen LogP contribution < -0.4 is 5.32 Å². The second-order valence-corrected chi connectivity index (χ2v) is 5.91. The van der Waals surface area contributed by atoms with E-state index in [0.29, 0.717) is 24.3 Å². The van der Waals surface area contributed by atoms with Crippen molar-refractivity contribution < 1.29 is 26.2 Å². The molecule has 1 aliphatic heterocycles. The maximum atomic E-state index is 13.4. The Kier molecular flexibility index (Phi) is 4.07. The summed E-state index contributed by atoms with van der Waals surface area (Å²) in [4.78, 5) is 0. The predicted octanol–water partition coefficient (Wildman–Crippen LogP) is 2.71. The molecule has 0 bridgehead atoms. The van der Waals surface area contributed by atoms with Crippen LogP contribution in [0.25, 0.3) is 0 Å². The Morgan fingerprint density at radius 3 is 1.74 bits per heavy atom. The van der Waals surface area contributed by atoms with Gasteiger partial charge in [0.25, 0.3) is 0 Å². The van der Waals surface area contributed by atoms with Gasteiger partial charge in [-0.2, -0.15) is 0 Å². The van der Waals surface area contributed by atoms with Crippen LogP contribution in [0.2, 0.25) is 0 Å². The van der Waals surface area contributed by atoms with Gasteiger partial charge in [-0.1, -0.05) is 0 Å². The molecule has 106 valence electrons. The molecule has 0 aromatic heterocycles. The average molecular weight is 299 g/mol. The molecule has 1 aromatic carbocycles. The first-order valence-corrected chi connectivity index (χ1v) is 7.03. The Hall–Kier alpha value is -1.18. The van der Waals surface area contributed by atoms with E-state index < -0.39 is 51.6 Å². The number of hydrogen-bond acceptors (Lipinski definition) is 2. The van der Waals surface area contributed by atoms with Crippen LogP contribution in [0.3, 0.4) is 0 Å². The first-order chi connectivity index (χ1) is 8.91. The molecule has 1 aromatic rings. The van der Waals surface area contributed by atoms with Crippen LogP contribution in [0.15, 0.2) is 0 Å². The lowest BCUT2D eigenvalue weighted by Gasteiger charge is -2.24. The molecule has 0 saturated carbocycles. The van der Waals surface area contributed by atoms with Gasteiger partial charge in [-0.25, -0.2) is 22.0 Å². The quantitative estimate of drug-likeness (QED) is 0.517. The molecule has 1 N–H and O–H groups in total. The van der Waals surface area contributed by atoms with E-state index in [0.717, 1.165) is 0 Å². The van der Waals surface area contributed by atoms with Gasteiger partial charge in [-0.3, -0.25) is 4.21 Å². The summed E-state index contributed by atoms with van der Waals surface area (Å²) in [6.45, 7) is 0. The van der Waals surface area contributed by atoms with E-state index >= 15 is 0 Å². The summed E-state index contributed by atoms with van der Waals surface area (Å²) in [7, 11) is -0.978. The lowest BCUT2D eigenvalue weighted by molar-refractivity contribution is 0.380. The van der Waals surface area contributed by atoms with Crippen LogP contribution >= 0.6 is 0 Å². The summed E-state index contributed by atoms with van der Waals surface area (Å²) in [5.74, 6) is -9.18. The van der Waals surface area contributed by atoms with Gasteiger partial charge < -0.3 is 5.32 Å². The lowest BCUT2D eigenvalue weighted by atomic mass is 10.1. The minimum absolute atomic E-state index is 0.340. The zero-order chi connectivity index (χ0) is 14.2. The Bertz CT molecular complexity index is 497. The highest BCUT2D eigenvalue weighted by atomic mass is 32.2. The standard InChI is InChI=1S/C11H10F5NOS/c12-6-7(13)9(15)11(10(16)8(6)14)17-5-1-3-19(18)4-2-5/h5,17H,1-4H2. The molecular formula is C11H10F5NOS. The fourth-order valence-electron chi connectivity index (χ4n) is 1.87. The first kappa shape index (κ1) is 14.2. The zero-order valence-corrected chi connectivity index (χ0v) is 10.4. The van der Waals surface area contributed by atoms with Crippen molar-refractivity contribution in [3.8, 4) is 0 Å². The molecule has 1 saturated heterocycles. The van der Waals surface area contributed by atoms with Gasteiger partial charge in [-0.15, -0.1) is 0 Å². The van der Waals surface area contributed by atoms with Crippen LogP contribution in [0.1, 0.15) is 12.8 Å². The first-order valence-electron chi connectivity index (χ1n) is 5.54. The van der Waals surface area contributed by atoms with E-state index in [9.17, 15) is 26.2 Å². The molecule has 0 aliphatic carbocycles. The van der Waals surface area contributed by atoms with E-state index in [4.69, 9.17) is 0 Å². The molecule has 1 heterocycles.